The van der Waals surface area contributed by atoms with Crippen LogP contribution in [0.3, 0.4) is 0 Å². The highest BCUT2D eigenvalue weighted by molar-refractivity contribution is 6.22. The van der Waals surface area contributed by atoms with Gasteiger partial charge in [-0.25, -0.2) is 4.98 Å². The molecule has 0 fully saturated rings. The summed E-state index contributed by atoms with van der Waals surface area (Å²) in [6.07, 6.45) is 3.46. The Morgan fingerprint density at radius 1 is 0.967 bits per heavy atom. The van der Waals surface area contributed by atoms with Gasteiger partial charge in [-0.2, -0.15) is 0 Å². The average molecular weight is 843 g/mol. The molecular formula is C46H54N2O13. The summed E-state index contributed by atoms with van der Waals surface area (Å²) in [5, 5.41) is 48.0. The van der Waals surface area contributed by atoms with E-state index in [2.05, 4.69) is 5.32 Å². The van der Waals surface area contributed by atoms with Gasteiger partial charge in [0.05, 0.1) is 35.5 Å². The normalized spacial score (nSPS) is 29.6. The Kier molecular flexibility index (Phi) is 12.4. The quantitative estimate of drug-likeness (QED) is 0.0815. The predicted molar refractivity (Wildman–Crippen MR) is 227 cm³/mol. The summed E-state index contributed by atoms with van der Waals surface area (Å²) in [5.74, 6) is -7.84. The van der Waals surface area contributed by atoms with Gasteiger partial charge in [0.1, 0.15) is 40.3 Å². The average Bonchev–Trinajstić information content (AvgIpc) is 3.48. The maximum Gasteiger partial charge on any atom is 0.312 e. The molecule has 3 heterocycles. The molecule has 9 atom stereocenters. The number of allylic oxidation sites excluding steroid dienone is 2. The Labute approximate surface area is 353 Å². The smallest absolute Gasteiger partial charge is 0.312 e. The van der Waals surface area contributed by atoms with Gasteiger partial charge in [-0.3, -0.25) is 19.2 Å². The summed E-state index contributed by atoms with van der Waals surface area (Å²) in [4.78, 5) is 60.3. The molecule has 61 heavy (non-hydrogen) atoms. The first-order valence-corrected chi connectivity index (χ1v) is 20.3. The van der Waals surface area contributed by atoms with Gasteiger partial charge in [0, 0.05) is 61.2 Å². The maximum atomic E-state index is 14.6. The number of carbonyl (C=O) groups is 3. The fraction of sp³-hybridized carbons (Fsp3) is 0.457. The Hall–Kier alpha value is -5.77. The number of esters is 1. The number of rotatable bonds is 3. The van der Waals surface area contributed by atoms with Gasteiger partial charge in [0.25, 0.3) is 11.7 Å². The molecule has 15 nitrogen and oxygen atoms in total. The van der Waals surface area contributed by atoms with E-state index in [0.29, 0.717) is 5.56 Å². The second-order valence-electron chi connectivity index (χ2n) is 16.8. The van der Waals surface area contributed by atoms with E-state index in [9.17, 15) is 39.6 Å². The molecule has 4 bridgehead atoms. The van der Waals surface area contributed by atoms with E-state index in [-0.39, 0.29) is 73.1 Å². The van der Waals surface area contributed by atoms with Crippen molar-refractivity contribution < 1.29 is 58.2 Å². The van der Waals surface area contributed by atoms with Crippen LogP contribution in [0.2, 0.25) is 0 Å². The van der Waals surface area contributed by atoms with Crippen LogP contribution in [-0.4, -0.2) is 80.4 Å². The summed E-state index contributed by atoms with van der Waals surface area (Å²) < 4.78 is 30.1. The van der Waals surface area contributed by atoms with Gasteiger partial charge in [0.2, 0.25) is 5.43 Å². The predicted octanol–water partition coefficient (Wildman–Crippen LogP) is 6.78. The van der Waals surface area contributed by atoms with Crippen molar-refractivity contribution in [2.45, 2.75) is 105 Å². The topological polar surface area (TPSA) is 224 Å². The number of phenols is 2. The van der Waals surface area contributed by atoms with Crippen LogP contribution in [0.4, 0.5) is 5.69 Å². The number of ether oxygens (including phenoxy) is 4. The van der Waals surface area contributed by atoms with Gasteiger partial charge >= 0.3 is 11.8 Å². The van der Waals surface area contributed by atoms with E-state index in [0.717, 1.165) is 0 Å². The highest BCUT2D eigenvalue weighted by Gasteiger charge is 2.50. The summed E-state index contributed by atoms with van der Waals surface area (Å²) in [6, 6.07) is 3.19. The van der Waals surface area contributed by atoms with Crippen LogP contribution < -0.4 is 15.5 Å². The van der Waals surface area contributed by atoms with E-state index in [1.807, 2.05) is 13.8 Å². The summed E-state index contributed by atoms with van der Waals surface area (Å²) >= 11 is 0. The number of amides is 1. The Morgan fingerprint density at radius 3 is 2.30 bits per heavy atom. The van der Waals surface area contributed by atoms with Crippen LogP contribution in [0.5, 0.6) is 17.2 Å². The molecule has 0 saturated carbocycles. The van der Waals surface area contributed by atoms with Crippen molar-refractivity contribution in [3.63, 3.8) is 0 Å². The number of aliphatic hydroxyl groups is 2. The fourth-order valence-electron chi connectivity index (χ4n) is 8.24. The number of hydrogen-bond acceptors (Lipinski definition) is 14. The van der Waals surface area contributed by atoms with Crippen molar-refractivity contribution in [3.05, 3.63) is 75.2 Å². The lowest BCUT2D eigenvalue weighted by Crippen LogP contribution is -2.46. The molecule has 4 aliphatic rings. The third-order valence-corrected chi connectivity index (χ3v) is 12.1. The number of anilines is 1. The molecule has 1 aliphatic carbocycles. The first kappa shape index (κ1) is 44.8. The number of ketones is 1. The van der Waals surface area contributed by atoms with Gasteiger partial charge in [-0.15, -0.1) is 0 Å². The van der Waals surface area contributed by atoms with Crippen molar-refractivity contribution in [3.8, 4) is 28.7 Å². The number of phenolic OH excluding ortho intramolecular Hbond substituents is 2. The van der Waals surface area contributed by atoms with Crippen LogP contribution in [-0.2, 0) is 23.8 Å². The third-order valence-electron chi connectivity index (χ3n) is 12.1. The zero-order valence-electron chi connectivity index (χ0n) is 36.1. The molecular weight excluding hydrogens is 789 g/mol. The largest absolute Gasteiger partial charge is 0.507 e. The number of methoxy groups -OCH3 is 1. The number of Topliss-reactive ketones (excluding diaryl/α,β-unsaturated/α-hetero) is 1. The van der Waals surface area contributed by atoms with Crippen molar-refractivity contribution in [2.75, 3.05) is 12.4 Å². The van der Waals surface area contributed by atoms with Crippen LogP contribution >= 0.6 is 0 Å². The molecule has 0 spiro atoms. The molecule has 3 aliphatic heterocycles. The number of nitrogens with one attached hydrogen (secondary N) is 1. The summed E-state index contributed by atoms with van der Waals surface area (Å²) in [7, 11) is 1.43. The van der Waals surface area contributed by atoms with Crippen molar-refractivity contribution in [1.82, 2.24) is 4.98 Å². The van der Waals surface area contributed by atoms with Crippen molar-refractivity contribution >= 4 is 45.2 Å². The molecule has 15 heteroatoms. The van der Waals surface area contributed by atoms with Crippen LogP contribution in [0.25, 0.3) is 33.3 Å². The van der Waals surface area contributed by atoms with Crippen molar-refractivity contribution in [1.29, 1.82) is 0 Å². The Morgan fingerprint density at radius 2 is 1.66 bits per heavy atom. The van der Waals surface area contributed by atoms with Gasteiger partial charge in [-0.05, 0) is 43.5 Å². The van der Waals surface area contributed by atoms with E-state index < -0.39 is 82.7 Å². The Balaban J connectivity index is 1.61. The molecule has 1 amide bonds. The van der Waals surface area contributed by atoms with Crippen LogP contribution in [0.1, 0.15) is 89.7 Å². The fourth-order valence-corrected chi connectivity index (χ4v) is 8.24. The van der Waals surface area contributed by atoms with Gasteiger partial charge in [-0.1, -0.05) is 59.8 Å². The zero-order chi connectivity index (χ0) is 45.0. The molecule has 2 aromatic rings. The molecule has 0 saturated heterocycles. The number of carbonyl (C=O) groups excluding carboxylic acids is 3. The second kappa shape index (κ2) is 16.9. The monoisotopic (exact) mass is 842 g/mol. The second-order valence-corrected chi connectivity index (χ2v) is 16.8. The van der Waals surface area contributed by atoms with Crippen LogP contribution in [0, 0.1) is 30.6 Å². The molecule has 6 rings (SSSR count). The van der Waals surface area contributed by atoms with E-state index >= 15 is 0 Å². The highest BCUT2D eigenvalue weighted by Crippen LogP contribution is 2.51. The minimum absolute atomic E-state index is 0.00938. The number of aliphatic hydroxyl groups excluding tert-OH is 2. The van der Waals surface area contributed by atoms with E-state index in [1.165, 1.54) is 59.3 Å². The molecule has 326 valence electrons. The molecule has 0 aromatic heterocycles. The first-order valence-electron chi connectivity index (χ1n) is 20.3. The maximum absolute atomic E-state index is 14.6. The van der Waals surface area contributed by atoms with Gasteiger partial charge in [0.15, 0.2) is 11.3 Å². The third kappa shape index (κ3) is 7.97. The van der Waals surface area contributed by atoms with E-state index in [1.54, 1.807) is 45.9 Å². The first-order chi connectivity index (χ1) is 28.6. The number of nitrogens with zero attached hydrogens (tertiary/aromatic N) is 1. The lowest BCUT2D eigenvalue weighted by atomic mass is 9.78. The molecule has 0 unspecified atom stereocenters. The number of aromatic hydroxyl groups is 2. The lowest BCUT2D eigenvalue weighted by molar-refractivity contribution is -0.160. The SMILES string of the molecule is CO[C@H]1/C=C/O[C@@]2(C)Oc3c(C)c(O)c4c(=O)c(c5oc6cc(C(C)C)cc(O)c6nc-5c4c3C2=O)NC(=O)/C(C)=C\C=C\[C@H](C)[C@H](O)[C@@H](C)[C@@H](O)[C@@H](C)[C@H](OC(C)=O)[C@@H]1C. The zero-order valence-corrected chi connectivity index (χ0v) is 36.1. The van der Waals surface area contributed by atoms with Crippen molar-refractivity contribution in [2.24, 2.45) is 23.7 Å². The standard InChI is InChI=1S/C46H54N2O13/c1-19(2)27-17-28(50)34-30(18-27)60-43-35(47-34)31-32-39(53)25(8)42-33(31)44(55)46(10,61-42)58-16-15-29(57-11)22(5)41(59-26(9)49)24(7)38(52)23(6)37(51)20(3)13-12-14-21(4)45(56)48-36(43)40(32)54/h12-20,22-24,29,37-38,41,50-53H,1-11H3,(H,48,56)/b13-12+,16-15+,21-14-/t20-,22+,23+,24+,29-,37-,38+,41+,46-/m0/s1. The summed E-state index contributed by atoms with van der Waals surface area (Å²) in [6.45, 7) is 16.3. The van der Waals surface area contributed by atoms with E-state index in [4.69, 9.17) is 28.3 Å². The molecule has 0 radical (unpaired) electrons. The molecule has 5 N–H and O–H groups in total. The number of fused-ring (bicyclic) bond motifs is 2. The van der Waals surface area contributed by atoms with Crippen LogP contribution in [0.15, 0.2) is 57.5 Å². The Bertz CT molecular complexity index is 2540. The minimum atomic E-state index is -2.07. The minimum Gasteiger partial charge on any atom is -0.507 e. The number of benzene rings is 3. The molecule has 2 aromatic carbocycles. The highest BCUT2D eigenvalue weighted by atomic mass is 16.7. The lowest BCUT2D eigenvalue weighted by Gasteiger charge is -2.38. The number of hydrogen-bond donors (Lipinski definition) is 5. The summed E-state index contributed by atoms with van der Waals surface area (Å²) in [5.41, 5.74) is -0.612. The number of aromatic nitrogens is 1. The van der Waals surface area contributed by atoms with Gasteiger partial charge < -0.3 is 49.1 Å².